The Bertz CT molecular complexity index is 1650. The van der Waals surface area contributed by atoms with Crippen LogP contribution >= 0.6 is 11.6 Å². The Morgan fingerprint density at radius 2 is 1.98 bits per heavy atom. The number of aryl methyl sites for hydroxylation is 1. The quantitative estimate of drug-likeness (QED) is 0.271. The van der Waals surface area contributed by atoms with Gasteiger partial charge in [0.15, 0.2) is 5.82 Å². The fraction of sp³-hybridized carbons (Fsp3) is 0.344. The van der Waals surface area contributed by atoms with Crippen molar-refractivity contribution in [3.05, 3.63) is 87.6 Å². The minimum atomic E-state index is -1.13. The van der Waals surface area contributed by atoms with Crippen molar-refractivity contribution in [1.82, 2.24) is 19.7 Å². The average molecular weight is 589 g/mol. The zero-order valence-electron chi connectivity index (χ0n) is 23.9. The molecule has 0 bridgehead atoms. The number of methoxy groups -OCH3 is 1. The smallest absolute Gasteiger partial charge is 0.342 e. The van der Waals surface area contributed by atoms with Crippen LogP contribution in [0.25, 0.3) is 17.1 Å². The maximum absolute atomic E-state index is 11.6. The third kappa shape index (κ3) is 5.35. The van der Waals surface area contributed by atoms with Crippen LogP contribution < -0.4 is 9.47 Å². The van der Waals surface area contributed by atoms with Crippen LogP contribution in [-0.2, 0) is 24.3 Å². The predicted molar refractivity (Wildman–Crippen MR) is 159 cm³/mol. The van der Waals surface area contributed by atoms with E-state index < -0.39 is 5.97 Å². The first-order valence-electron chi connectivity index (χ1n) is 13.9. The molecule has 2 aromatic carbocycles. The molecule has 0 aliphatic carbocycles. The normalized spacial score (nSPS) is 16.0. The van der Waals surface area contributed by atoms with E-state index in [1.807, 2.05) is 37.3 Å². The molecule has 42 heavy (non-hydrogen) atoms. The lowest BCUT2D eigenvalue weighted by molar-refractivity contribution is -0.116. The first kappa shape index (κ1) is 28.2. The minimum absolute atomic E-state index is 0.0406. The van der Waals surface area contributed by atoms with Crippen molar-refractivity contribution in [2.75, 3.05) is 33.4 Å². The summed E-state index contributed by atoms with van der Waals surface area (Å²) in [7, 11) is 1.41. The number of nitrogens with zero attached hydrogens (tertiary/aromatic N) is 4. The molecule has 2 aromatic heterocycles. The topological polar surface area (TPSA) is 98.9 Å². The number of fused-ring (bicyclic) bond motifs is 1. The molecule has 0 amide bonds. The summed E-state index contributed by atoms with van der Waals surface area (Å²) in [5.41, 5.74) is 6.06. The van der Waals surface area contributed by atoms with Gasteiger partial charge in [0.2, 0.25) is 5.88 Å². The second-order valence-electron chi connectivity index (χ2n) is 11.3. The van der Waals surface area contributed by atoms with Gasteiger partial charge in [-0.3, -0.25) is 4.90 Å². The second kappa shape index (κ2) is 11.4. The number of carboxylic acids is 1. The zero-order chi connectivity index (χ0) is 29.4. The van der Waals surface area contributed by atoms with Gasteiger partial charge in [-0.25, -0.2) is 9.78 Å². The van der Waals surface area contributed by atoms with Crippen LogP contribution in [-0.4, -0.2) is 64.2 Å². The van der Waals surface area contributed by atoms with Crippen LogP contribution in [0.1, 0.15) is 39.5 Å². The Kier molecular flexibility index (Phi) is 7.66. The molecule has 218 valence electrons. The number of halogens is 1. The Balaban J connectivity index is 1.23. The molecule has 4 aromatic rings. The summed E-state index contributed by atoms with van der Waals surface area (Å²) in [5, 5.41) is 14.4. The van der Waals surface area contributed by atoms with Crippen molar-refractivity contribution < 1.29 is 24.1 Å². The lowest BCUT2D eigenvalue weighted by Gasteiger charge is -2.43. The van der Waals surface area contributed by atoms with E-state index in [0.29, 0.717) is 23.9 Å². The number of hydrogen-bond donors (Lipinski definition) is 1. The SMILES string of the molecule is COc1c(C(=O)O)cnn1-c1cccc(-c2cccc(C)c2OCc2ccc3c(c2Cl)CCN(CC2(C)COC2)C3)n1. The maximum Gasteiger partial charge on any atom is 0.342 e. The summed E-state index contributed by atoms with van der Waals surface area (Å²) in [4.78, 5) is 18.9. The number of rotatable bonds is 9. The average Bonchev–Trinajstić information content (AvgIpc) is 3.41. The second-order valence-corrected chi connectivity index (χ2v) is 11.7. The van der Waals surface area contributed by atoms with Gasteiger partial charge < -0.3 is 19.3 Å². The molecule has 2 aliphatic rings. The minimum Gasteiger partial charge on any atom is -0.488 e. The maximum atomic E-state index is 11.6. The number of carbonyl (C=O) groups is 1. The molecule has 2 aliphatic heterocycles. The standard InChI is InChI=1S/C32H33ClN4O5/c1-20-6-4-7-24(26-8-5-9-27(35-26)37-30(40-3)25(14-34-37)31(38)39)29(20)42-16-22-11-10-21-15-36(13-12-23(21)28(22)33)17-32(2)18-41-19-32/h4-11,14H,12-13,15-19H2,1-3H3,(H,38,39). The summed E-state index contributed by atoms with van der Waals surface area (Å²) in [6.45, 7) is 9.17. The first-order chi connectivity index (χ1) is 20.3. The zero-order valence-corrected chi connectivity index (χ0v) is 24.6. The van der Waals surface area contributed by atoms with Gasteiger partial charge in [-0.05, 0) is 48.2 Å². The van der Waals surface area contributed by atoms with Crippen molar-refractivity contribution in [2.45, 2.75) is 33.4 Å². The van der Waals surface area contributed by atoms with Crippen LogP contribution in [0.4, 0.5) is 0 Å². The lowest BCUT2D eigenvalue weighted by atomic mass is 9.87. The number of hydrogen-bond acceptors (Lipinski definition) is 7. The molecule has 1 saturated heterocycles. The van der Waals surface area contributed by atoms with Gasteiger partial charge >= 0.3 is 5.97 Å². The molecule has 9 nitrogen and oxygen atoms in total. The fourth-order valence-electron chi connectivity index (χ4n) is 5.78. The van der Waals surface area contributed by atoms with Gasteiger partial charge in [-0.1, -0.05) is 48.9 Å². The van der Waals surface area contributed by atoms with Crippen LogP contribution in [0.5, 0.6) is 11.6 Å². The van der Waals surface area contributed by atoms with E-state index in [1.54, 1.807) is 6.07 Å². The molecule has 0 saturated carbocycles. The van der Waals surface area contributed by atoms with Crippen molar-refractivity contribution in [2.24, 2.45) is 5.41 Å². The molecule has 0 atom stereocenters. The van der Waals surface area contributed by atoms with Crippen LogP contribution in [0.15, 0.2) is 54.7 Å². The summed E-state index contributed by atoms with van der Waals surface area (Å²) in [5.74, 6) is 0.107. The molecular weight excluding hydrogens is 556 g/mol. The van der Waals surface area contributed by atoms with Gasteiger partial charge in [-0.2, -0.15) is 9.78 Å². The van der Waals surface area contributed by atoms with Gasteiger partial charge in [0.05, 0.1) is 37.2 Å². The van der Waals surface area contributed by atoms with E-state index in [9.17, 15) is 9.90 Å². The summed E-state index contributed by atoms with van der Waals surface area (Å²) in [6, 6.07) is 15.6. The van der Waals surface area contributed by atoms with Crippen molar-refractivity contribution in [3.8, 4) is 28.7 Å². The highest BCUT2D eigenvalue weighted by atomic mass is 35.5. The highest BCUT2D eigenvalue weighted by Crippen LogP contribution is 2.36. The number of aromatic carboxylic acids is 1. The number of aromatic nitrogens is 3. The number of ether oxygens (including phenoxy) is 3. The van der Waals surface area contributed by atoms with E-state index in [1.165, 1.54) is 29.1 Å². The van der Waals surface area contributed by atoms with Crippen LogP contribution in [0.2, 0.25) is 5.02 Å². The highest BCUT2D eigenvalue weighted by molar-refractivity contribution is 6.32. The molecule has 10 heteroatoms. The third-order valence-corrected chi connectivity index (χ3v) is 8.43. The van der Waals surface area contributed by atoms with Crippen molar-refractivity contribution >= 4 is 17.6 Å². The number of carboxylic acid groups (broad SMARTS) is 1. The van der Waals surface area contributed by atoms with E-state index >= 15 is 0 Å². The Hall–Kier alpha value is -3.92. The Morgan fingerprint density at radius 3 is 2.71 bits per heavy atom. The molecule has 6 rings (SSSR count). The molecular formula is C32H33ClN4O5. The number of benzene rings is 2. The van der Waals surface area contributed by atoms with E-state index in [2.05, 4.69) is 29.1 Å². The molecule has 4 heterocycles. The van der Waals surface area contributed by atoms with Gasteiger partial charge in [0.1, 0.15) is 17.9 Å². The van der Waals surface area contributed by atoms with Crippen LogP contribution in [0.3, 0.4) is 0 Å². The van der Waals surface area contributed by atoms with Gasteiger partial charge in [0, 0.05) is 36.2 Å². The number of pyridine rings is 1. The number of para-hydroxylation sites is 1. The molecule has 0 radical (unpaired) electrons. The largest absolute Gasteiger partial charge is 0.488 e. The lowest BCUT2D eigenvalue weighted by Crippen LogP contribution is -2.49. The highest BCUT2D eigenvalue weighted by Gasteiger charge is 2.36. The Labute approximate surface area is 249 Å². The van der Waals surface area contributed by atoms with E-state index in [0.717, 1.165) is 61.0 Å². The van der Waals surface area contributed by atoms with E-state index in [-0.39, 0.29) is 16.9 Å². The van der Waals surface area contributed by atoms with Crippen LogP contribution in [0, 0.1) is 12.3 Å². The third-order valence-electron chi connectivity index (χ3n) is 7.96. The molecule has 1 N–H and O–H groups in total. The fourth-order valence-corrected chi connectivity index (χ4v) is 6.11. The van der Waals surface area contributed by atoms with Crippen molar-refractivity contribution in [1.29, 1.82) is 0 Å². The Morgan fingerprint density at radius 1 is 1.17 bits per heavy atom. The van der Waals surface area contributed by atoms with Crippen molar-refractivity contribution in [3.63, 3.8) is 0 Å². The summed E-state index contributed by atoms with van der Waals surface area (Å²) >= 11 is 6.96. The van der Waals surface area contributed by atoms with Gasteiger partial charge in [-0.15, -0.1) is 0 Å². The van der Waals surface area contributed by atoms with E-state index in [4.69, 9.17) is 30.8 Å². The predicted octanol–water partition coefficient (Wildman–Crippen LogP) is 5.58. The van der Waals surface area contributed by atoms with Gasteiger partial charge in [0.25, 0.3) is 0 Å². The molecule has 0 unspecified atom stereocenters. The first-order valence-corrected chi connectivity index (χ1v) is 14.3. The summed E-state index contributed by atoms with van der Waals surface area (Å²) in [6.07, 6.45) is 2.16. The molecule has 0 spiro atoms. The molecule has 1 fully saturated rings. The monoisotopic (exact) mass is 588 g/mol. The summed E-state index contributed by atoms with van der Waals surface area (Å²) < 4.78 is 18.6.